The first-order valence-corrected chi connectivity index (χ1v) is 14.0. The van der Waals surface area contributed by atoms with Crippen LogP contribution < -0.4 is 4.74 Å². The molecule has 6 atom stereocenters. The zero-order valence-corrected chi connectivity index (χ0v) is 23.0. The molecule has 1 amide bonds. The average Bonchev–Trinajstić information content (AvgIpc) is 3.45. The summed E-state index contributed by atoms with van der Waals surface area (Å²) in [6.07, 6.45) is 6.81. The highest BCUT2D eigenvalue weighted by atomic mass is 16.5. The highest BCUT2D eigenvalue weighted by Gasteiger charge is 2.45. The van der Waals surface area contributed by atoms with Crippen molar-refractivity contribution >= 4 is 16.9 Å². The summed E-state index contributed by atoms with van der Waals surface area (Å²) in [4.78, 5) is 24.8. The topological polar surface area (TPSA) is 75.6 Å². The zero-order chi connectivity index (χ0) is 26.0. The van der Waals surface area contributed by atoms with Gasteiger partial charge in [-0.3, -0.25) is 4.79 Å². The minimum atomic E-state index is -1.04. The summed E-state index contributed by atoms with van der Waals surface area (Å²) >= 11 is 0. The molecule has 0 bridgehead atoms. The highest BCUT2D eigenvalue weighted by Crippen LogP contribution is 2.41. The van der Waals surface area contributed by atoms with Crippen LogP contribution in [-0.4, -0.2) is 50.7 Å². The van der Waals surface area contributed by atoms with Crippen LogP contribution in [0, 0.1) is 23.2 Å². The van der Waals surface area contributed by atoms with Crippen LogP contribution >= 0.6 is 0 Å². The molecule has 2 heterocycles. The minimum Gasteiger partial charge on any atom is -0.471 e. The molecule has 0 spiro atoms. The summed E-state index contributed by atoms with van der Waals surface area (Å²) in [7, 11) is 0. The van der Waals surface area contributed by atoms with E-state index >= 15 is 0 Å². The Morgan fingerprint density at radius 3 is 2.42 bits per heavy atom. The number of aliphatic hydroxyl groups is 1. The molecule has 1 aliphatic carbocycles. The number of fused-ring (bicyclic) bond motifs is 1. The van der Waals surface area contributed by atoms with Gasteiger partial charge in [0.15, 0.2) is 0 Å². The van der Waals surface area contributed by atoms with E-state index in [1.807, 2.05) is 49.9 Å². The minimum absolute atomic E-state index is 0.00817. The van der Waals surface area contributed by atoms with E-state index in [0.717, 1.165) is 47.8 Å². The SMILES string of the molecule is CC[C@@H]1[C@@H](Oc2nc3ccccc3nc2CCCCCC2CC2C)CN(C(=O)[C@@H](O)C(C)(C)C)[C@@H]1C. The second-order valence-electron chi connectivity index (χ2n) is 12.3. The number of para-hydroxylation sites is 2. The van der Waals surface area contributed by atoms with Crippen molar-refractivity contribution in [3.05, 3.63) is 30.0 Å². The summed E-state index contributed by atoms with van der Waals surface area (Å²) in [5.41, 5.74) is 2.12. The molecule has 2 aromatic rings. The van der Waals surface area contributed by atoms with Crippen molar-refractivity contribution in [2.24, 2.45) is 23.2 Å². The Morgan fingerprint density at radius 2 is 1.81 bits per heavy atom. The predicted molar refractivity (Wildman–Crippen MR) is 144 cm³/mol. The van der Waals surface area contributed by atoms with Crippen LogP contribution in [-0.2, 0) is 11.2 Å². The molecule has 0 radical (unpaired) electrons. The van der Waals surface area contributed by atoms with E-state index in [4.69, 9.17) is 14.7 Å². The first-order valence-electron chi connectivity index (χ1n) is 14.0. The fourth-order valence-corrected chi connectivity index (χ4v) is 5.68. The van der Waals surface area contributed by atoms with Crippen molar-refractivity contribution in [1.29, 1.82) is 0 Å². The van der Waals surface area contributed by atoms with Gasteiger partial charge >= 0.3 is 0 Å². The number of rotatable bonds is 10. The molecule has 2 fully saturated rings. The summed E-state index contributed by atoms with van der Waals surface area (Å²) in [6, 6.07) is 7.94. The number of benzene rings is 1. The maximum Gasteiger partial charge on any atom is 0.252 e. The number of unbranched alkanes of at least 4 members (excludes halogenated alkanes) is 2. The van der Waals surface area contributed by atoms with Gasteiger partial charge in [0.2, 0.25) is 5.88 Å². The molecule has 6 heteroatoms. The van der Waals surface area contributed by atoms with Crippen molar-refractivity contribution in [3.8, 4) is 5.88 Å². The molecule has 4 rings (SSSR count). The molecule has 1 saturated heterocycles. The maximum absolute atomic E-state index is 13.2. The van der Waals surface area contributed by atoms with E-state index in [1.165, 1.54) is 25.7 Å². The van der Waals surface area contributed by atoms with Gasteiger partial charge in [0.05, 0.1) is 17.6 Å². The first-order chi connectivity index (χ1) is 17.1. The molecule has 6 nitrogen and oxygen atoms in total. The van der Waals surface area contributed by atoms with E-state index in [0.29, 0.717) is 12.4 Å². The third-order valence-electron chi connectivity index (χ3n) is 8.41. The molecule has 198 valence electrons. The summed E-state index contributed by atoms with van der Waals surface area (Å²) < 4.78 is 6.60. The van der Waals surface area contributed by atoms with Crippen LogP contribution in [0.3, 0.4) is 0 Å². The van der Waals surface area contributed by atoms with E-state index in [1.54, 1.807) is 0 Å². The van der Waals surface area contributed by atoms with Gasteiger partial charge in [-0.05, 0) is 62.0 Å². The van der Waals surface area contributed by atoms with Gasteiger partial charge in [-0.15, -0.1) is 0 Å². The number of ether oxygens (including phenoxy) is 1. The normalized spacial score (nSPS) is 26.9. The maximum atomic E-state index is 13.2. The number of likely N-dealkylation sites (tertiary alicyclic amines) is 1. The Bertz CT molecular complexity index is 1050. The van der Waals surface area contributed by atoms with E-state index in [2.05, 4.69) is 20.8 Å². The number of hydrogen-bond acceptors (Lipinski definition) is 5. The molecule has 1 N–H and O–H groups in total. The summed E-state index contributed by atoms with van der Waals surface area (Å²) in [5.74, 6) is 2.43. The Morgan fingerprint density at radius 1 is 1.14 bits per heavy atom. The second kappa shape index (κ2) is 11.0. The Hall–Kier alpha value is -2.21. The quantitative estimate of drug-likeness (QED) is 0.422. The lowest BCUT2D eigenvalue weighted by atomic mass is 9.88. The van der Waals surface area contributed by atoms with Gasteiger partial charge < -0.3 is 14.7 Å². The number of carbonyl (C=O) groups excluding carboxylic acids is 1. The number of aromatic nitrogens is 2. The summed E-state index contributed by atoms with van der Waals surface area (Å²) in [5, 5.41) is 10.7. The van der Waals surface area contributed by atoms with Crippen molar-refractivity contribution < 1.29 is 14.6 Å². The number of carbonyl (C=O) groups is 1. The van der Waals surface area contributed by atoms with E-state index < -0.39 is 11.5 Å². The lowest BCUT2D eigenvalue weighted by Gasteiger charge is -2.31. The van der Waals surface area contributed by atoms with Crippen molar-refractivity contribution in [2.45, 2.75) is 105 Å². The van der Waals surface area contributed by atoms with Crippen LogP contribution in [0.4, 0.5) is 0 Å². The molecular formula is C30H45N3O3. The molecule has 2 aliphatic rings. The van der Waals surface area contributed by atoms with Crippen LogP contribution in [0.15, 0.2) is 24.3 Å². The molecular weight excluding hydrogens is 450 g/mol. The molecule has 1 aromatic heterocycles. The highest BCUT2D eigenvalue weighted by molar-refractivity contribution is 5.82. The molecule has 2 unspecified atom stereocenters. The molecule has 36 heavy (non-hydrogen) atoms. The fourth-order valence-electron chi connectivity index (χ4n) is 5.68. The number of aryl methyl sites for hydroxylation is 1. The van der Waals surface area contributed by atoms with Crippen molar-refractivity contribution in [2.75, 3.05) is 6.54 Å². The molecule has 1 aliphatic heterocycles. The Balaban J connectivity index is 1.49. The molecule has 1 aromatic carbocycles. The number of hydrogen-bond donors (Lipinski definition) is 1. The lowest BCUT2D eigenvalue weighted by Crippen LogP contribution is -2.47. The second-order valence-corrected chi connectivity index (χ2v) is 12.3. The largest absolute Gasteiger partial charge is 0.471 e. The van der Waals surface area contributed by atoms with Crippen molar-refractivity contribution in [1.82, 2.24) is 14.9 Å². The Labute approximate surface area is 216 Å². The molecule has 1 saturated carbocycles. The standard InChI is InChI=1S/C30H45N3O3/c1-7-22-20(3)33(29(35)27(34)30(4,5)6)18-26(22)36-28-25(16-10-8-9-13-21-17-19(21)2)31-23-14-11-12-15-24(23)32-28/h11-12,14-15,19-22,26-27,34H,7-10,13,16-18H2,1-6H3/t19?,20-,21?,22+,26+,27-/m1/s1. The Kier molecular flexibility index (Phi) is 8.23. The predicted octanol–water partition coefficient (Wildman–Crippen LogP) is 5.80. The van der Waals surface area contributed by atoms with E-state index in [9.17, 15) is 9.90 Å². The van der Waals surface area contributed by atoms with Gasteiger partial charge in [0, 0.05) is 12.0 Å². The number of nitrogens with zero attached hydrogens (tertiary/aromatic N) is 3. The first kappa shape index (κ1) is 26.8. The van der Waals surface area contributed by atoms with Crippen molar-refractivity contribution in [3.63, 3.8) is 0 Å². The van der Waals surface area contributed by atoms with Crippen LogP contribution in [0.25, 0.3) is 11.0 Å². The summed E-state index contributed by atoms with van der Waals surface area (Å²) in [6.45, 7) is 12.7. The van der Waals surface area contributed by atoms with Gasteiger partial charge in [0.25, 0.3) is 5.91 Å². The van der Waals surface area contributed by atoms with Gasteiger partial charge in [-0.2, -0.15) is 0 Å². The van der Waals surface area contributed by atoms with Crippen LogP contribution in [0.2, 0.25) is 0 Å². The number of aliphatic hydroxyl groups excluding tert-OH is 1. The monoisotopic (exact) mass is 495 g/mol. The lowest BCUT2D eigenvalue weighted by molar-refractivity contribution is -0.146. The van der Waals surface area contributed by atoms with E-state index in [-0.39, 0.29) is 24.0 Å². The third-order valence-corrected chi connectivity index (χ3v) is 8.41. The van der Waals surface area contributed by atoms with Gasteiger partial charge in [-0.1, -0.05) is 66.0 Å². The van der Waals surface area contributed by atoms with Gasteiger partial charge in [0.1, 0.15) is 17.9 Å². The van der Waals surface area contributed by atoms with Crippen LogP contribution in [0.1, 0.15) is 85.8 Å². The number of amides is 1. The third kappa shape index (κ3) is 6.01. The van der Waals surface area contributed by atoms with Gasteiger partial charge in [-0.25, -0.2) is 9.97 Å². The average molecular weight is 496 g/mol. The fraction of sp³-hybridized carbons (Fsp3) is 0.700. The zero-order valence-electron chi connectivity index (χ0n) is 23.0. The smallest absolute Gasteiger partial charge is 0.252 e. The van der Waals surface area contributed by atoms with Crippen LogP contribution in [0.5, 0.6) is 5.88 Å².